The van der Waals surface area contributed by atoms with Gasteiger partial charge in [0.1, 0.15) is 0 Å². The van der Waals surface area contributed by atoms with Crippen LogP contribution >= 0.6 is 0 Å². The minimum atomic E-state index is -0.372. The van der Waals surface area contributed by atoms with Crippen molar-refractivity contribution >= 4 is 0 Å². The van der Waals surface area contributed by atoms with Gasteiger partial charge in [0.2, 0.25) is 0 Å². The second-order valence-electron chi connectivity index (χ2n) is 4.82. The Labute approximate surface area is 110 Å². The molecular weight excluding hydrogens is 228 g/mol. The maximum absolute atomic E-state index is 6.50. The summed E-state index contributed by atoms with van der Waals surface area (Å²) in [6.07, 6.45) is 0.862. The van der Waals surface area contributed by atoms with E-state index in [1.54, 1.807) is 14.2 Å². The number of ether oxygens (including phenoxy) is 2. The van der Waals surface area contributed by atoms with Gasteiger partial charge in [-0.2, -0.15) is 0 Å². The second-order valence-corrected chi connectivity index (χ2v) is 4.82. The van der Waals surface area contributed by atoms with E-state index in [1.165, 1.54) is 0 Å². The fourth-order valence-corrected chi connectivity index (χ4v) is 2.12. The van der Waals surface area contributed by atoms with E-state index in [-0.39, 0.29) is 5.54 Å². The number of nitrogens with two attached hydrogens (primary N) is 1. The lowest BCUT2D eigenvalue weighted by Crippen LogP contribution is -2.45. The zero-order valence-corrected chi connectivity index (χ0v) is 12.0. The van der Waals surface area contributed by atoms with Gasteiger partial charge in [-0.3, -0.25) is 0 Å². The monoisotopic (exact) mass is 252 g/mol. The third kappa shape index (κ3) is 3.15. The van der Waals surface area contributed by atoms with Crippen LogP contribution in [0.25, 0.3) is 0 Å². The summed E-state index contributed by atoms with van der Waals surface area (Å²) >= 11 is 0. The molecule has 0 saturated heterocycles. The molecule has 0 aromatic heterocycles. The molecule has 0 aliphatic carbocycles. The van der Waals surface area contributed by atoms with Crippen LogP contribution in [0.15, 0.2) is 18.2 Å². The van der Waals surface area contributed by atoms with Crippen LogP contribution in [0.2, 0.25) is 0 Å². The summed E-state index contributed by atoms with van der Waals surface area (Å²) in [5.74, 6) is 1.45. The summed E-state index contributed by atoms with van der Waals surface area (Å²) in [5.41, 5.74) is 7.19. The van der Waals surface area contributed by atoms with Crippen molar-refractivity contribution in [3.05, 3.63) is 23.8 Å². The largest absolute Gasteiger partial charge is 0.493 e. The van der Waals surface area contributed by atoms with Crippen LogP contribution < -0.4 is 15.2 Å². The Hall–Kier alpha value is -1.26. The molecule has 102 valence electrons. The molecule has 4 nitrogen and oxygen atoms in total. The van der Waals surface area contributed by atoms with Crippen molar-refractivity contribution < 1.29 is 9.47 Å². The summed E-state index contributed by atoms with van der Waals surface area (Å²) in [6, 6.07) is 5.88. The zero-order chi connectivity index (χ0) is 13.8. The predicted octanol–water partition coefficient (Wildman–Crippen LogP) is 1.83. The molecule has 0 heterocycles. The molecule has 4 heteroatoms. The molecule has 0 bridgehead atoms. The normalized spacial score (nSPS) is 14.4. The van der Waals surface area contributed by atoms with Crippen molar-refractivity contribution in [3.63, 3.8) is 0 Å². The number of hydrogen-bond donors (Lipinski definition) is 1. The molecule has 0 amide bonds. The quantitative estimate of drug-likeness (QED) is 0.839. The van der Waals surface area contributed by atoms with E-state index in [4.69, 9.17) is 15.2 Å². The molecule has 1 aromatic rings. The average Bonchev–Trinajstić information content (AvgIpc) is 2.36. The van der Waals surface area contributed by atoms with Crippen LogP contribution in [0.3, 0.4) is 0 Å². The maximum Gasteiger partial charge on any atom is 0.161 e. The fraction of sp³-hybridized carbons (Fsp3) is 0.571. The maximum atomic E-state index is 6.50. The van der Waals surface area contributed by atoms with Crippen LogP contribution in [0.1, 0.15) is 18.9 Å². The van der Waals surface area contributed by atoms with Crippen LogP contribution in [0, 0.1) is 0 Å². The van der Waals surface area contributed by atoms with Crippen LogP contribution in [-0.2, 0) is 5.54 Å². The lowest BCUT2D eigenvalue weighted by Gasteiger charge is -2.32. The molecule has 0 saturated carbocycles. The molecule has 0 radical (unpaired) electrons. The highest BCUT2D eigenvalue weighted by molar-refractivity contribution is 5.45. The van der Waals surface area contributed by atoms with Gasteiger partial charge in [0, 0.05) is 6.54 Å². The molecule has 2 N–H and O–H groups in total. The van der Waals surface area contributed by atoms with Crippen molar-refractivity contribution in [2.75, 3.05) is 34.9 Å². The lowest BCUT2D eigenvalue weighted by atomic mass is 9.87. The molecule has 1 unspecified atom stereocenters. The van der Waals surface area contributed by atoms with Gasteiger partial charge in [0.05, 0.1) is 19.8 Å². The Kier molecular flexibility index (Phi) is 4.99. The van der Waals surface area contributed by atoms with E-state index in [9.17, 15) is 0 Å². The van der Waals surface area contributed by atoms with Gasteiger partial charge in [-0.05, 0) is 38.2 Å². The highest BCUT2D eigenvalue weighted by Crippen LogP contribution is 2.32. The van der Waals surface area contributed by atoms with E-state index >= 15 is 0 Å². The van der Waals surface area contributed by atoms with E-state index in [0.29, 0.717) is 0 Å². The first kappa shape index (κ1) is 14.8. The van der Waals surface area contributed by atoms with Crippen molar-refractivity contribution in [1.29, 1.82) is 0 Å². The van der Waals surface area contributed by atoms with Crippen molar-refractivity contribution in [1.82, 2.24) is 4.90 Å². The predicted molar refractivity (Wildman–Crippen MR) is 74.3 cm³/mol. The Morgan fingerprint density at radius 3 is 2.22 bits per heavy atom. The Morgan fingerprint density at radius 1 is 1.17 bits per heavy atom. The molecule has 0 aliphatic heterocycles. The van der Waals surface area contributed by atoms with Gasteiger partial charge in [-0.1, -0.05) is 13.0 Å². The van der Waals surface area contributed by atoms with Crippen molar-refractivity contribution in [3.8, 4) is 11.5 Å². The molecule has 1 aromatic carbocycles. The van der Waals surface area contributed by atoms with Gasteiger partial charge >= 0.3 is 0 Å². The van der Waals surface area contributed by atoms with Crippen molar-refractivity contribution in [2.45, 2.75) is 18.9 Å². The third-order valence-corrected chi connectivity index (χ3v) is 3.19. The highest BCUT2D eigenvalue weighted by atomic mass is 16.5. The van der Waals surface area contributed by atoms with Crippen molar-refractivity contribution in [2.24, 2.45) is 5.73 Å². The van der Waals surface area contributed by atoms with E-state index in [2.05, 4.69) is 11.8 Å². The summed E-state index contributed by atoms with van der Waals surface area (Å²) in [6.45, 7) is 2.89. The van der Waals surface area contributed by atoms with E-state index in [1.807, 2.05) is 32.3 Å². The molecule has 1 atom stereocenters. The summed E-state index contributed by atoms with van der Waals surface area (Å²) in [5, 5.41) is 0. The lowest BCUT2D eigenvalue weighted by molar-refractivity contribution is 0.277. The summed E-state index contributed by atoms with van der Waals surface area (Å²) in [4.78, 5) is 2.10. The first-order valence-electron chi connectivity index (χ1n) is 6.13. The minimum Gasteiger partial charge on any atom is -0.493 e. The Morgan fingerprint density at radius 2 is 1.78 bits per heavy atom. The highest BCUT2D eigenvalue weighted by Gasteiger charge is 2.27. The number of benzene rings is 1. The first-order valence-corrected chi connectivity index (χ1v) is 6.13. The second kappa shape index (κ2) is 6.07. The number of nitrogens with zero attached hydrogens (tertiary/aromatic N) is 1. The van der Waals surface area contributed by atoms with Crippen LogP contribution in [0.4, 0.5) is 0 Å². The molecule has 18 heavy (non-hydrogen) atoms. The fourth-order valence-electron chi connectivity index (χ4n) is 2.12. The van der Waals surface area contributed by atoms with Gasteiger partial charge in [-0.25, -0.2) is 0 Å². The SMILES string of the molecule is CCC(N)(CN(C)C)c1ccc(OC)c(OC)c1. The third-order valence-electron chi connectivity index (χ3n) is 3.19. The summed E-state index contributed by atoms with van der Waals surface area (Å²) in [7, 11) is 7.32. The standard InChI is InChI=1S/C14H24N2O2/c1-6-14(15,10-16(2)3)11-7-8-12(17-4)13(9-11)18-5/h7-9H,6,10,15H2,1-5H3. The van der Waals surface area contributed by atoms with E-state index < -0.39 is 0 Å². The Bertz CT molecular complexity index is 393. The average molecular weight is 252 g/mol. The van der Waals surface area contributed by atoms with Gasteiger partial charge < -0.3 is 20.1 Å². The molecule has 0 spiro atoms. The van der Waals surface area contributed by atoms with E-state index in [0.717, 1.165) is 30.0 Å². The number of hydrogen-bond acceptors (Lipinski definition) is 4. The smallest absolute Gasteiger partial charge is 0.161 e. The van der Waals surface area contributed by atoms with Gasteiger partial charge in [-0.15, -0.1) is 0 Å². The number of methoxy groups -OCH3 is 2. The zero-order valence-electron chi connectivity index (χ0n) is 12.0. The topological polar surface area (TPSA) is 47.7 Å². The molecular formula is C14H24N2O2. The molecule has 0 fully saturated rings. The van der Waals surface area contributed by atoms with Gasteiger partial charge in [0.15, 0.2) is 11.5 Å². The minimum absolute atomic E-state index is 0.372. The molecule has 0 aliphatic rings. The summed E-state index contributed by atoms with van der Waals surface area (Å²) < 4.78 is 10.6. The van der Waals surface area contributed by atoms with Crippen LogP contribution in [0.5, 0.6) is 11.5 Å². The van der Waals surface area contributed by atoms with Gasteiger partial charge in [0.25, 0.3) is 0 Å². The van der Waals surface area contributed by atoms with Crippen LogP contribution in [-0.4, -0.2) is 39.8 Å². The number of rotatable bonds is 6. The Balaban J connectivity index is 3.14. The molecule has 1 rings (SSSR count). The number of likely N-dealkylation sites (N-methyl/N-ethyl adjacent to an activating group) is 1. The first-order chi connectivity index (χ1) is 8.46.